The zero-order chi connectivity index (χ0) is 14.1. The van der Waals surface area contributed by atoms with Crippen LogP contribution < -0.4 is 0 Å². The van der Waals surface area contributed by atoms with Crippen LogP contribution in [0.15, 0.2) is 12.1 Å². The zero-order valence-corrected chi connectivity index (χ0v) is 9.25. The van der Waals surface area contributed by atoms with E-state index >= 15 is 0 Å². The van der Waals surface area contributed by atoms with Crippen LogP contribution >= 0.6 is 11.6 Å². The van der Waals surface area contributed by atoms with Crippen LogP contribution in [0.1, 0.15) is 27.0 Å². The number of hydrogen-bond donors (Lipinski definition) is 0. The monoisotopic (exact) mass is 290 g/mol. The minimum Gasteiger partial charge on any atom is -0.298 e. The van der Waals surface area contributed by atoms with Gasteiger partial charge in [-0.3, -0.25) is 4.79 Å². The van der Waals surface area contributed by atoms with Crippen molar-refractivity contribution in [1.82, 2.24) is 0 Å². The maximum atomic E-state index is 12.6. The first-order valence-corrected chi connectivity index (χ1v) is 4.97. The highest BCUT2D eigenvalue weighted by Gasteiger charge is 2.40. The Morgan fingerprint density at radius 1 is 1.00 bits per heavy atom. The number of rotatable bonds is 2. The lowest BCUT2D eigenvalue weighted by Crippen LogP contribution is -2.16. The van der Waals surface area contributed by atoms with E-state index in [0.717, 1.165) is 0 Å². The highest BCUT2D eigenvalue weighted by atomic mass is 35.5. The van der Waals surface area contributed by atoms with Crippen molar-refractivity contribution in [2.75, 3.05) is 0 Å². The first kappa shape index (κ1) is 14.8. The topological polar surface area (TPSA) is 17.1 Å². The Morgan fingerprint density at radius 3 is 1.61 bits per heavy atom. The smallest absolute Gasteiger partial charge is 0.298 e. The van der Waals surface area contributed by atoms with Gasteiger partial charge in [-0.15, -0.1) is 11.6 Å². The fourth-order valence-corrected chi connectivity index (χ4v) is 1.70. The summed E-state index contributed by atoms with van der Waals surface area (Å²) in [6.45, 7) is 0. The van der Waals surface area contributed by atoms with Crippen molar-refractivity contribution >= 4 is 17.9 Å². The molecule has 0 aliphatic carbocycles. The van der Waals surface area contributed by atoms with Crippen LogP contribution in [-0.2, 0) is 18.2 Å². The van der Waals surface area contributed by atoms with Gasteiger partial charge in [-0.1, -0.05) is 0 Å². The van der Waals surface area contributed by atoms with Gasteiger partial charge in [0.05, 0.1) is 11.1 Å². The van der Waals surface area contributed by atoms with Gasteiger partial charge in [0.1, 0.15) is 6.29 Å². The molecule has 0 unspecified atom stereocenters. The molecular weight excluding hydrogens is 286 g/mol. The lowest BCUT2D eigenvalue weighted by Gasteiger charge is -2.17. The van der Waals surface area contributed by atoms with Gasteiger partial charge in [-0.25, -0.2) is 0 Å². The van der Waals surface area contributed by atoms with Gasteiger partial charge >= 0.3 is 12.4 Å². The molecule has 1 nitrogen and oxygen atoms in total. The summed E-state index contributed by atoms with van der Waals surface area (Å²) in [6.07, 6.45) is -10.1. The number of alkyl halides is 7. The average Bonchev–Trinajstić information content (AvgIpc) is 2.24. The van der Waals surface area contributed by atoms with Gasteiger partial charge in [0.2, 0.25) is 0 Å². The Kier molecular flexibility index (Phi) is 3.95. The number of aldehydes is 1. The van der Waals surface area contributed by atoms with Crippen molar-refractivity contribution in [3.63, 3.8) is 0 Å². The Morgan fingerprint density at radius 2 is 1.39 bits per heavy atom. The molecule has 100 valence electrons. The SMILES string of the molecule is O=Cc1cc(C(F)(F)F)c(CCl)c(C(F)(F)F)c1. The maximum absolute atomic E-state index is 12.6. The normalized spacial score (nSPS) is 12.6. The average molecular weight is 291 g/mol. The fraction of sp³-hybridized carbons (Fsp3) is 0.300. The molecule has 0 atom stereocenters. The molecule has 0 aliphatic rings. The van der Waals surface area contributed by atoms with E-state index in [2.05, 4.69) is 0 Å². The van der Waals surface area contributed by atoms with Crippen molar-refractivity contribution in [1.29, 1.82) is 0 Å². The molecule has 0 radical (unpaired) electrons. The van der Waals surface area contributed by atoms with Gasteiger partial charge in [0.25, 0.3) is 0 Å². The number of benzene rings is 1. The summed E-state index contributed by atoms with van der Waals surface area (Å²) in [6, 6.07) is 0.694. The standard InChI is InChI=1S/C10H5ClF6O/c11-3-6-7(9(12,13)14)1-5(4-18)2-8(6)10(15,16)17/h1-2,4H,3H2. The molecule has 0 N–H and O–H groups in total. The fourth-order valence-electron chi connectivity index (χ4n) is 1.41. The van der Waals surface area contributed by atoms with Crippen molar-refractivity contribution in [3.05, 3.63) is 34.4 Å². The first-order chi connectivity index (χ1) is 8.11. The molecule has 0 aromatic heterocycles. The summed E-state index contributed by atoms with van der Waals surface area (Å²) in [4.78, 5) is 10.4. The zero-order valence-electron chi connectivity index (χ0n) is 8.49. The number of carbonyl (C=O) groups excluding carboxylic acids is 1. The highest BCUT2D eigenvalue weighted by Crippen LogP contribution is 2.40. The summed E-state index contributed by atoms with van der Waals surface area (Å²) in [5, 5.41) is 0. The molecule has 0 heterocycles. The van der Waals surface area contributed by atoms with Gasteiger partial charge in [0.15, 0.2) is 0 Å². The lowest BCUT2D eigenvalue weighted by molar-refractivity contribution is -0.144. The largest absolute Gasteiger partial charge is 0.416 e. The Hall–Kier alpha value is -1.24. The first-order valence-electron chi connectivity index (χ1n) is 4.43. The predicted molar refractivity (Wildman–Crippen MR) is 51.4 cm³/mol. The van der Waals surface area contributed by atoms with E-state index < -0.39 is 40.5 Å². The van der Waals surface area contributed by atoms with Crippen LogP contribution in [-0.4, -0.2) is 6.29 Å². The van der Waals surface area contributed by atoms with Gasteiger partial charge in [-0.05, 0) is 17.7 Å². The minimum absolute atomic E-state index is 0.0809. The van der Waals surface area contributed by atoms with Crippen LogP contribution in [0.3, 0.4) is 0 Å². The van der Waals surface area contributed by atoms with Crippen molar-refractivity contribution < 1.29 is 31.1 Å². The molecule has 1 aromatic carbocycles. The Bertz CT molecular complexity index is 427. The van der Waals surface area contributed by atoms with E-state index in [-0.39, 0.29) is 6.29 Å². The van der Waals surface area contributed by atoms with Crippen LogP contribution in [0.5, 0.6) is 0 Å². The summed E-state index contributed by atoms with van der Waals surface area (Å²) in [7, 11) is 0. The van der Waals surface area contributed by atoms with E-state index in [1.807, 2.05) is 0 Å². The quantitative estimate of drug-likeness (QED) is 0.451. The third kappa shape index (κ3) is 2.95. The number of carbonyl (C=O) groups is 1. The molecule has 0 saturated heterocycles. The van der Waals surface area contributed by atoms with Gasteiger partial charge in [-0.2, -0.15) is 26.3 Å². The molecule has 0 amide bonds. The Labute approximate surface area is 102 Å². The molecule has 1 aromatic rings. The lowest BCUT2D eigenvalue weighted by atomic mass is 9.98. The van der Waals surface area contributed by atoms with E-state index in [9.17, 15) is 31.1 Å². The second kappa shape index (κ2) is 4.79. The summed E-state index contributed by atoms with van der Waals surface area (Å²) in [5.41, 5.74) is -4.88. The van der Waals surface area contributed by atoms with Gasteiger partial charge in [0, 0.05) is 11.4 Å². The molecule has 0 aliphatic heterocycles. The second-order valence-corrected chi connectivity index (χ2v) is 3.61. The van der Waals surface area contributed by atoms with Crippen molar-refractivity contribution in [3.8, 4) is 0 Å². The van der Waals surface area contributed by atoms with E-state index in [1.165, 1.54) is 0 Å². The van der Waals surface area contributed by atoms with E-state index in [1.54, 1.807) is 0 Å². The summed E-state index contributed by atoms with van der Waals surface area (Å²) < 4.78 is 75.5. The molecule has 0 saturated carbocycles. The third-order valence-electron chi connectivity index (χ3n) is 2.15. The van der Waals surface area contributed by atoms with Crippen molar-refractivity contribution in [2.45, 2.75) is 18.2 Å². The molecule has 1 rings (SSSR count). The third-order valence-corrected chi connectivity index (χ3v) is 2.42. The van der Waals surface area contributed by atoms with Crippen LogP contribution in [0, 0.1) is 0 Å². The maximum Gasteiger partial charge on any atom is 0.416 e. The molecule has 0 fully saturated rings. The Balaban J connectivity index is 3.66. The van der Waals surface area contributed by atoms with E-state index in [0.29, 0.717) is 12.1 Å². The molecule has 18 heavy (non-hydrogen) atoms. The summed E-state index contributed by atoms with van der Waals surface area (Å²) >= 11 is 5.16. The van der Waals surface area contributed by atoms with Crippen LogP contribution in [0.2, 0.25) is 0 Å². The molecule has 0 spiro atoms. The molecular formula is C10H5ClF6O. The van der Waals surface area contributed by atoms with Gasteiger partial charge < -0.3 is 0 Å². The predicted octanol–water partition coefficient (Wildman–Crippen LogP) is 4.28. The molecule has 0 bridgehead atoms. The van der Waals surface area contributed by atoms with E-state index in [4.69, 9.17) is 11.6 Å². The van der Waals surface area contributed by atoms with Crippen LogP contribution in [0.4, 0.5) is 26.3 Å². The summed E-state index contributed by atoms with van der Waals surface area (Å²) in [5.74, 6) is -0.956. The highest BCUT2D eigenvalue weighted by molar-refractivity contribution is 6.17. The van der Waals surface area contributed by atoms with Crippen LogP contribution in [0.25, 0.3) is 0 Å². The van der Waals surface area contributed by atoms with Crippen molar-refractivity contribution in [2.24, 2.45) is 0 Å². The minimum atomic E-state index is -5.01. The number of hydrogen-bond acceptors (Lipinski definition) is 1. The number of halogens is 7. The molecule has 8 heteroatoms. The second-order valence-electron chi connectivity index (χ2n) is 3.34.